The van der Waals surface area contributed by atoms with E-state index in [0.717, 1.165) is 35.1 Å². The number of aliphatic hydroxyl groups is 1. The predicted molar refractivity (Wildman–Crippen MR) is 86.8 cm³/mol. The highest BCUT2D eigenvalue weighted by molar-refractivity contribution is 6.32. The molecule has 1 heterocycles. The normalized spacial score (nSPS) is 24.7. The largest absolute Gasteiger partial charge is 0.507 e. The number of ether oxygens (including phenoxy) is 1. The lowest BCUT2D eigenvalue weighted by Gasteiger charge is -2.30. The van der Waals surface area contributed by atoms with Crippen molar-refractivity contribution in [3.05, 3.63) is 51.3 Å². The van der Waals surface area contributed by atoms with E-state index in [9.17, 15) is 9.90 Å². The first-order valence-corrected chi connectivity index (χ1v) is 7.86. The van der Waals surface area contributed by atoms with E-state index in [4.69, 9.17) is 16.3 Å². The quantitative estimate of drug-likeness (QED) is 0.776. The minimum absolute atomic E-state index is 0.0477. The lowest BCUT2D eigenvalue weighted by atomic mass is 9.86. The smallest absolute Gasteiger partial charge is 0.343 e. The Kier molecular flexibility index (Phi) is 3.56. The summed E-state index contributed by atoms with van der Waals surface area (Å²) in [5, 5.41) is 11.2. The number of carbonyl (C=O) groups is 1. The van der Waals surface area contributed by atoms with Gasteiger partial charge in [-0.1, -0.05) is 35.4 Å². The van der Waals surface area contributed by atoms with E-state index in [2.05, 4.69) is 0 Å². The zero-order valence-corrected chi connectivity index (χ0v) is 13.8. The molecule has 1 aliphatic heterocycles. The van der Waals surface area contributed by atoms with E-state index in [1.807, 2.05) is 39.0 Å². The number of rotatable bonds is 1. The van der Waals surface area contributed by atoms with Gasteiger partial charge in [0.2, 0.25) is 5.60 Å². The van der Waals surface area contributed by atoms with Gasteiger partial charge in [0.1, 0.15) is 5.57 Å². The van der Waals surface area contributed by atoms with Crippen LogP contribution in [-0.4, -0.2) is 16.7 Å². The molecule has 0 radical (unpaired) electrons. The third kappa shape index (κ3) is 2.07. The highest BCUT2D eigenvalue weighted by atomic mass is 35.5. The number of halogens is 1. The van der Waals surface area contributed by atoms with Crippen LogP contribution in [0.15, 0.2) is 29.0 Å². The molecule has 2 aliphatic rings. The van der Waals surface area contributed by atoms with Crippen molar-refractivity contribution >= 4 is 23.1 Å². The number of carbonyl (C=O) groups excluding carboxylic acids is 1. The summed E-state index contributed by atoms with van der Waals surface area (Å²) in [7, 11) is 0. The van der Waals surface area contributed by atoms with Gasteiger partial charge in [0.15, 0.2) is 5.76 Å². The second-order valence-corrected chi connectivity index (χ2v) is 6.57. The molecule has 0 saturated carbocycles. The second-order valence-electron chi connectivity index (χ2n) is 6.16. The molecule has 1 unspecified atom stereocenters. The molecule has 1 spiro atoms. The van der Waals surface area contributed by atoms with Crippen LogP contribution in [0.25, 0.3) is 5.57 Å². The molecule has 4 heteroatoms. The summed E-state index contributed by atoms with van der Waals surface area (Å²) in [6, 6.07) is 4.00. The second kappa shape index (κ2) is 5.17. The van der Waals surface area contributed by atoms with E-state index in [-0.39, 0.29) is 11.3 Å². The molecule has 3 rings (SSSR count). The van der Waals surface area contributed by atoms with E-state index in [1.54, 1.807) is 0 Å². The number of aliphatic hydroxyl groups excluding tert-OH is 1. The van der Waals surface area contributed by atoms with Crippen molar-refractivity contribution in [2.24, 2.45) is 0 Å². The van der Waals surface area contributed by atoms with Crippen LogP contribution in [0.5, 0.6) is 0 Å². The van der Waals surface area contributed by atoms with E-state index in [1.165, 1.54) is 0 Å². The van der Waals surface area contributed by atoms with Crippen LogP contribution in [0, 0.1) is 20.8 Å². The van der Waals surface area contributed by atoms with Gasteiger partial charge < -0.3 is 9.84 Å². The fourth-order valence-electron chi connectivity index (χ4n) is 3.55. The number of hydrogen-bond acceptors (Lipinski definition) is 3. The van der Waals surface area contributed by atoms with Crippen molar-refractivity contribution in [3.8, 4) is 0 Å². The Morgan fingerprint density at radius 2 is 1.86 bits per heavy atom. The summed E-state index contributed by atoms with van der Waals surface area (Å²) in [6.45, 7) is 5.88. The topological polar surface area (TPSA) is 46.5 Å². The molecule has 1 atom stereocenters. The van der Waals surface area contributed by atoms with E-state index < -0.39 is 11.6 Å². The maximum absolute atomic E-state index is 12.5. The third-order valence-corrected chi connectivity index (χ3v) is 4.92. The lowest BCUT2D eigenvalue weighted by Crippen LogP contribution is -2.34. The number of benzene rings is 1. The Morgan fingerprint density at radius 1 is 1.23 bits per heavy atom. The van der Waals surface area contributed by atoms with Gasteiger partial charge in [-0.15, -0.1) is 0 Å². The molecule has 1 aromatic rings. The Balaban J connectivity index is 2.23. The zero-order chi connectivity index (χ0) is 16.1. The molecule has 1 aliphatic carbocycles. The molecule has 0 saturated heterocycles. The fraction of sp³-hybridized carbons (Fsp3) is 0.389. The Labute approximate surface area is 135 Å². The van der Waals surface area contributed by atoms with Gasteiger partial charge >= 0.3 is 5.97 Å². The summed E-state index contributed by atoms with van der Waals surface area (Å²) in [5.74, 6) is -0.547. The molecule has 0 fully saturated rings. The molecular weight excluding hydrogens is 300 g/mol. The maximum Gasteiger partial charge on any atom is 0.343 e. The van der Waals surface area contributed by atoms with Crippen LogP contribution in [0.1, 0.15) is 41.5 Å². The summed E-state index contributed by atoms with van der Waals surface area (Å²) < 4.78 is 5.56. The van der Waals surface area contributed by atoms with Gasteiger partial charge in [-0.25, -0.2) is 4.79 Å². The Bertz CT molecular complexity index is 707. The highest BCUT2D eigenvalue weighted by Gasteiger charge is 2.52. The average molecular weight is 319 g/mol. The molecule has 0 aromatic heterocycles. The van der Waals surface area contributed by atoms with Crippen LogP contribution in [0.3, 0.4) is 0 Å². The molecule has 1 N–H and O–H groups in total. The van der Waals surface area contributed by atoms with Crippen LogP contribution in [0.2, 0.25) is 0 Å². The van der Waals surface area contributed by atoms with Crippen LogP contribution < -0.4 is 0 Å². The summed E-state index contributed by atoms with van der Waals surface area (Å²) in [4.78, 5) is 12.5. The van der Waals surface area contributed by atoms with E-state index in [0.29, 0.717) is 11.5 Å². The zero-order valence-electron chi connectivity index (χ0n) is 13.0. The lowest BCUT2D eigenvalue weighted by molar-refractivity contribution is -0.144. The van der Waals surface area contributed by atoms with Gasteiger partial charge in [-0.2, -0.15) is 0 Å². The van der Waals surface area contributed by atoms with Crippen molar-refractivity contribution in [1.29, 1.82) is 0 Å². The van der Waals surface area contributed by atoms with Gasteiger partial charge in [0.05, 0.1) is 5.03 Å². The number of esters is 1. The number of allylic oxidation sites excluding steroid dienone is 1. The van der Waals surface area contributed by atoms with Crippen molar-refractivity contribution in [2.75, 3.05) is 0 Å². The highest BCUT2D eigenvalue weighted by Crippen LogP contribution is 2.48. The molecular formula is C18H19ClO3. The first kappa shape index (κ1) is 15.2. The Morgan fingerprint density at radius 3 is 2.45 bits per heavy atom. The minimum atomic E-state index is -1.17. The first-order valence-electron chi connectivity index (χ1n) is 7.48. The molecule has 0 amide bonds. The third-order valence-electron chi connectivity index (χ3n) is 4.46. The maximum atomic E-state index is 12.5. The number of aryl methyl sites for hydroxylation is 3. The van der Waals surface area contributed by atoms with E-state index >= 15 is 0 Å². The van der Waals surface area contributed by atoms with Gasteiger partial charge in [0.25, 0.3) is 0 Å². The van der Waals surface area contributed by atoms with Crippen LogP contribution in [-0.2, 0) is 9.53 Å². The van der Waals surface area contributed by atoms with Crippen molar-refractivity contribution in [3.63, 3.8) is 0 Å². The first-order chi connectivity index (χ1) is 10.4. The van der Waals surface area contributed by atoms with Crippen molar-refractivity contribution in [2.45, 2.75) is 45.6 Å². The van der Waals surface area contributed by atoms with Crippen LogP contribution >= 0.6 is 11.6 Å². The summed E-state index contributed by atoms with van der Waals surface area (Å²) >= 11 is 6.29. The minimum Gasteiger partial charge on any atom is -0.507 e. The van der Waals surface area contributed by atoms with Gasteiger partial charge in [0, 0.05) is 6.42 Å². The van der Waals surface area contributed by atoms with Gasteiger partial charge in [-0.3, -0.25) is 0 Å². The molecule has 0 bridgehead atoms. The predicted octanol–water partition coefficient (Wildman–Crippen LogP) is 4.48. The molecule has 22 heavy (non-hydrogen) atoms. The summed E-state index contributed by atoms with van der Waals surface area (Å²) in [6.07, 6.45) is 4.01. The standard InChI is InChI=1S/C18H19ClO3/c1-10-8-11(2)14(12(3)9-10)15-16(20)18(22-17(15)21)7-5-4-6-13(18)19/h6,8-9,20H,4-5,7H2,1-3H3. The van der Waals surface area contributed by atoms with Crippen LogP contribution in [0.4, 0.5) is 0 Å². The number of hydrogen-bond donors (Lipinski definition) is 1. The van der Waals surface area contributed by atoms with Gasteiger partial charge in [-0.05, 0) is 50.3 Å². The SMILES string of the molecule is Cc1cc(C)c(C2=C(O)C3(CCCC=C3Cl)OC2=O)c(C)c1. The van der Waals surface area contributed by atoms with Crippen molar-refractivity contribution in [1.82, 2.24) is 0 Å². The summed E-state index contributed by atoms with van der Waals surface area (Å²) in [5.41, 5.74) is 2.85. The molecule has 1 aromatic carbocycles. The molecule has 3 nitrogen and oxygen atoms in total. The molecule has 116 valence electrons. The fourth-order valence-corrected chi connectivity index (χ4v) is 3.88. The Hall–Kier alpha value is -1.74. The monoisotopic (exact) mass is 318 g/mol. The van der Waals surface area contributed by atoms with Crippen molar-refractivity contribution < 1.29 is 14.6 Å². The average Bonchev–Trinajstić information content (AvgIpc) is 2.67.